The first-order valence-corrected chi connectivity index (χ1v) is 7.38. The second kappa shape index (κ2) is 7.48. The minimum Gasteiger partial charge on any atom is -0.331 e. The van der Waals surface area contributed by atoms with Crippen LogP contribution in [0, 0.1) is 6.92 Å². The van der Waals surface area contributed by atoms with E-state index in [0.717, 1.165) is 29.7 Å². The summed E-state index contributed by atoms with van der Waals surface area (Å²) in [5, 5.41) is 5.94. The van der Waals surface area contributed by atoms with E-state index in [1.165, 1.54) is 0 Å². The first-order valence-electron chi connectivity index (χ1n) is 7.38. The van der Waals surface area contributed by atoms with Gasteiger partial charge in [0.15, 0.2) is 0 Å². The lowest BCUT2D eigenvalue weighted by atomic mass is 10.0. The van der Waals surface area contributed by atoms with Crippen molar-refractivity contribution in [2.24, 2.45) is 0 Å². The van der Waals surface area contributed by atoms with E-state index in [1.807, 2.05) is 61.5 Å². The van der Waals surface area contributed by atoms with Crippen molar-refractivity contribution in [1.29, 1.82) is 0 Å². The molecule has 2 aromatic carbocycles. The van der Waals surface area contributed by atoms with Crippen molar-refractivity contribution in [3.63, 3.8) is 0 Å². The summed E-state index contributed by atoms with van der Waals surface area (Å²) < 4.78 is 0. The molecule has 0 heterocycles. The lowest BCUT2D eigenvalue weighted by molar-refractivity contribution is 0.248. The maximum Gasteiger partial charge on any atom is 0.319 e. The Hall–Kier alpha value is -2.29. The van der Waals surface area contributed by atoms with Gasteiger partial charge in [0, 0.05) is 5.69 Å². The van der Waals surface area contributed by atoms with Crippen LogP contribution in [0.15, 0.2) is 54.6 Å². The van der Waals surface area contributed by atoms with Crippen molar-refractivity contribution < 1.29 is 4.79 Å². The van der Waals surface area contributed by atoms with Crippen molar-refractivity contribution in [2.75, 3.05) is 5.32 Å². The zero-order valence-electron chi connectivity index (χ0n) is 12.6. The molecule has 2 rings (SSSR count). The van der Waals surface area contributed by atoms with E-state index < -0.39 is 0 Å². The fourth-order valence-corrected chi connectivity index (χ4v) is 2.34. The predicted octanol–water partition coefficient (Wildman–Crippen LogP) is 4.66. The average Bonchev–Trinajstić information content (AvgIpc) is 2.47. The number of hydrogen-bond donors (Lipinski definition) is 2. The maximum absolute atomic E-state index is 12.2. The Balaban J connectivity index is 2.02. The molecule has 0 spiro atoms. The van der Waals surface area contributed by atoms with E-state index in [2.05, 4.69) is 17.6 Å². The number of benzene rings is 2. The Morgan fingerprint density at radius 1 is 1.10 bits per heavy atom. The molecular formula is C18H22N2O. The highest BCUT2D eigenvalue weighted by atomic mass is 16.2. The van der Waals surface area contributed by atoms with Crippen molar-refractivity contribution in [3.8, 4) is 0 Å². The van der Waals surface area contributed by atoms with Crippen LogP contribution in [0.25, 0.3) is 0 Å². The molecule has 0 bridgehead atoms. The fourth-order valence-electron chi connectivity index (χ4n) is 2.34. The number of anilines is 1. The highest BCUT2D eigenvalue weighted by Gasteiger charge is 2.13. The minimum atomic E-state index is -0.164. The largest absolute Gasteiger partial charge is 0.331 e. The number of hydrogen-bond acceptors (Lipinski definition) is 1. The zero-order chi connectivity index (χ0) is 15.1. The molecule has 2 amide bonds. The molecule has 2 aromatic rings. The van der Waals surface area contributed by atoms with Gasteiger partial charge in [-0.1, -0.05) is 55.8 Å². The van der Waals surface area contributed by atoms with Crippen LogP contribution in [-0.4, -0.2) is 6.03 Å². The average molecular weight is 282 g/mol. The molecule has 0 saturated heterocycles. The van der Waals surface area contributed by atoms with Gasteiger partial charge < -0.3 is 10.6 Å². The van der Waals surface area contributed by atoms with Gasteiger partial charge in [0.25, 0.3) is 0 Å². The van der Waals surface area contributed by atoms with Gasteiger partial charge in [0.05, 0.1) is 6.04 Å². The molecular weight excluding hydrogens is 260 g/mol. The zero-order valence-corrected chi connectivity index (χ0v) is 12.6. The summed E-state index contributed by atoms with van der Waals surface area (Å²) in [5.41, 5.74) is 3.08. The van der Waals surface area contributed by atoms with E-state index in [1.54, 1.807) is 0 Å². The van der Waals surface area contributed by atoms with E-state index in [4.69, 9.17) is 0 Å². The highest BCUT2D eigenvalue weighted by molar-refractivity contribution is 5.89. The number of nitrogens with one attached hydrogen (secondary N) is 2. The number of carbonyl (C=O) groups is 1. The topological polar surface area (TPSA) is 41.1 Å². The first-order chi connectivity index (χ1) is 10.2. The quantitative estimate of drug-likeness (QED) is 0.823. The molecule has 0 saturated carbocycles. The summed E-state index contributed by atoms with van der Waals surface area (Å²) >= 11 is 0. The van der Waals surface area contributed by atoms with Crippen LogP contribution < -0.4 is 10.6 Å². The standard InChI is InChI=1S/C18H22N2O/c1-3-8-17(15-10-5-4-6-11-15)20-18(21)19-16-12-7-9-14(2)13-16/h4-7,9-13,17H,3,8H2,1-2H3,(H2,19,20,21)/t17-/m0/s1. The van der Waals surface area contributed by atoms with E-state index in [9.17, 15) is 4.79 Å². The van der Waals surface area contributed by atoms with Crippen LogP contribution in [0.1, 0.15) is 36.9 Å². The molecule has 0 fully saturated rings. The molecule has 21 heavy (non-hydrogen) atoms. The van der Waals surface area contributed by atoms with Crippen LogP contribution in [0.5, 0.6) is 0 Å². The summed E-state index contributed by atoms with van der Waals surface area (Å²) in [5.74, 6) is 0. The van der Waals surface area contributed by atoms with Crippen molar-refractivity contribution in [2.45, 2.75) is 32.7 Å². The molecule has 0 aliphatic rings. The molecule has 3 nitrogen and oxygen atoms in total. The minimum absolute atomic E-state index is 0.0426. The van der Waals surface area contributed by atoms with Crippen LogP contribution >= 0.6 is 0 Å². The number of aryl methyl sites for hydroxylation is 1. The van der Waals surface area contributed by atoms with Crippen molar-refractivity contribution in [1.82, 2.24) is 5.32 Å². The van der Waals surface area contributed by atoms with Gasteiger partial charge in [0.2, 0.25) is 0 Å². The van der Waals surface area contributed by atoms with Crippen molar-refractivity contribution in [3.05, 3.63) is 65.7 Å². The van der Waals surface area contributed by atoms with Gasteiger partial charge in [-0.3, -0.25) is 0 Å². The molecule has 1 atom stereocenters. The van der Waals surface area contributed by atoms with Crippen LogP contribution in [0.4, 0.5) is 10.5 Å². The molecule has 0 unspecified atom stereocenters. The second-order valence-corrected chi connectivity index (χ2v) is 5.22. The first kappa shape index (κ1) is 15.1. The highest BCUT2D eigenvalue weighted by Crippen LogP contribution is 2.18. The molecule has 0 aliphatic heterocycles. The third-order valence-electron chi connectivity index (χ3n) is 3.36. The smallest absolute Gasteiger partial charge is 0.319 e. The summed E-state index contributed by atoms with van der Waals surface area (Å²) in [6.45, 7) is 4.13. The third-order valence-corrected chi connectivity index (χ3v) is 3.36. The van der Waals surface area contributed by atoms with Gasteiger partial charge >= 0.3 is 6.03 Å². The van der Waals surface area contributed by atoms with Gasteiger partial charge in [-0.15, -0.1) is 0 Å². The lowest BCUT2D eigenvalue weighted by Crippen LogP contribution is -2.32. The molecule has 0 aromatic heterocycles. The van der Waals surface area contributed by atoms with Gasteiger partial charge in [-0.2, -0.15) is 0 Å². The number of rotatable bonds is 5. The SMILES string of the molecule is CCC[C@H](NC(=O)Nc1cccc(C)c1)c1ccccc1. The number of carbonyl (C=O) groups excluding carboxylic acids is 1. The lowest BCUT2D eigenvalue weighted by Gasteiger charge is -2.19. The Bertz CT molecular complexity index is 581. The van der Waals surface area contributed by atoms with E-state index in [-0.39, 0.29) is 12.1 Å². The maximum atomic E-state index is 12.2. The van der Waals surface area contributed by atoms with E-state index >= 15 is 0 Å². The summed E-state index contributed by atoms with van der Waals surface area (Å²) in [4.78, 5) is 12.2. The monoisotopic (exact) mass is 282 g/mol. The fraction of sp³-hybridized carbons (Fsp3) is 0.278. The van der Waals surface area contributed by atoms with Crippen LogP contribution in [-0.2, 0) is 0 Å². The number of amides is 2. The number of urea groups is 1. The van der Waals surface area contributed by atoms with Gasteiger partial charge in [0.1, 0.15) is 0 Å². The normalized spacial score (nSPS) is 11.7. The third kappa shape index (κ3) is 4.63. The van der Waals surface area contributed by atoms with E-state index in [0.29, 0.717) is 0 Å². The molecule has 0 aliphatic carbocycles. The van der Waals surface area contributed by atoms with Crippen molar-refractivity contribution >= 4 is 11.7 Å². The van der Waals surface area contributed by atoms with Crippen LogP contribution in [0.2, 0.25) is 0 Å². The van der Waals surface area contributed by atoms with Gasteiger partial charge in [-0.25, -0.2) is 4.79 Å². The summed E-state index contributed by atoms with van der Waals surface area (Å²) in [6, 6.07) is 17.7. The summed E-state index contributed by atoms with van der Waals surface area (Å²) in [7, 11) is 0. The van der Waals surface area contributed by atoms with Crippen LogP contribution in [0.3, 0.4) is 0 Å². The Morgan fingerprint density at radius 3 is 2.52 bits per heavy atom. The Morgan fingerprint density at radius 2 is 1.86 bits per heavy atom. The predicted molar refractivity (Wildman–Crippen MR) is 87.4 cm³/mol. The molecule has 2 N–H and O–H groups in total. The molecule has 3 heteroatoms. The molecule has 110 valence electrons. The Kier molecular flexibility index (Phi) is 5.38. The van der Waals surface area contributed by atoms with Gasteiger partial charge in [-0.05, 0) is 36.6 Å². The second-order valence-electron chi connectivity index (χ2n) is 5.22. The summed E-state index contributed by atoms with van der Waals surface area (Å²) in [6.07, 6.45) is 1.94. The molecule has 0 radical (unpaired) electrons. The Labute approximate surface area is 126 Å².